The highest BCUT2D eigenvalue weighted by Crippen LogP contribution is 2.34. The SMILES string of the molecule is CCCC(C(N)=O)c1ccc(-c2ccccc2OC(F)(F)F)cc1.Cl. The molecule has 0 heterocycles. The van der Waals surface area contributed by atoms with E-state index < -0.39 is 18.2 Å². The van der Waals surface area contributed by atoms with Gasteiger partial charge in [-0.1, -0.05) is 55.8 Å². The molecule has 0 aliphatic rings. The standard InChI is InChI=1S/C18H18F3NO2.ClH/c1-2-5-15(17(22)23)13-10-8-12(9-11-13)14-6-3-4-7-16(14)24-18(19,20)21;/h3-4,6-11,15H,2,5H2,1H3,(H2,22,23);1H. The van der Waals surface area contributed by atoms with Crippen molar-refractivity contribution in [2.75, 3.05) is 0 Å². The Bertz CT molecular complexity index is 702. The monoisotopic (exact) mass is 373 g/mol. The van der Waals surface area contributed by atoms with Crippen LogP contribution in [0.25, 0.3) is 11.1 Å². The average Bonchev–Trinajstić information content (AvgIpc) is 2.52. The predicted molar refractivity (Wildman–Crippen MR) is 92.7 cm³/mol. The Hall–Kier alpha value is -2.21. The first kappa shape index (κ1) is 20.8. The van der Waals surface area contributed by atoms with Crippen LogP contribution in [0.5, 0.6) is 5.75 Å². The second-order valence-corrected chi connectivity index (χ2v) is 5.41. The van der Waals surface area contributed by atoms with E-state index in [9.17, 15) is 18.0 Å². The van der Waals surface area contributed by atoms with Crippen molar-refractivity contribution in [3.05, 3.63) is 54.1 Å². The second kappa shape index (κ2) is 8.76. The Labute approximate surface area is 150 Å². The Balaban J connectivity index is 0.00000312. The van der Waals surface area contributed by atoms with Crippen LogP contribution in [0.3, 0.4) is 0 Å². The molecule has 0 bridgehead atoms. The van der Waals surface area contributed by atoms with Crippen LogP contribution in [0.15, 0.2) is 48.5 Å². The molecular formula is C18H19ClF3NO2. The Morgan fingerprint density at radius 3 is 2.24 bits per heavy atom. The van der Waals surface area contributed by atoms with Crippen molar-refractivity contribution in [1.29, 1.82) is 0 Å². The van der Waals surface area contributed by atoms with E-state index in [1.165, 1.54) is 12.1 Å². The van der Waals surface area contributed by atoms with E-state index in [1.54, 1.807) is 36.4 Å². The molecule has 0 spiro atoms. The van der Waals surface area contributed by atoms with Crippen molar-refractivity contribution >= 4 is 18.3 Å². The molecule has 1 atom stereocenters. The van der Waals surface area contributed by atoms with E-state index >= 15 is 0 Å². The van der Waals surface area contributed by atoms with Crippen molar-refractivity contribution in [2.24, 2.45) is 5.73 Å². The van der Waals surface area contributed by atoms with Gasteiger partial charge >= 0.3 is 6.36 Å². The maximum atomic E-state index is 12.5. The topological polar surface area (TPSA) is 52.3 Å². The lowest BCUT2D eigenvalue weighted by atomic mass is 9.92. The smallest absolute Gasteiger partial charge is 0.405 e. The van der Waals surface area contributed by atoms with Crippen LogP contribution in [-0.2, 0) is 4.79 Å². The second-order valence-electron chi connectivity index (χ2n) is 5.41. The number of carbonyl (C=O) groups is 1. The van der Waals surface area contributed by atoms with Crippen LogP contribution in [0, 0.1) is 0 Å². The van der Waals surface area contributed by atoms with Crippen molar-refractivity contribution in [3.8, 4) is 16.9 Å². The molecule has 0 aromatic heterocycles. The van der Waals surface area contributed by atoms with Crippen LogP contribution < -0.4 is 10.5 Å². The molecule has 0 saturated heterocycles. The summed E-state index contributed by atoms with van der Waals surface area (Å²) >= 11 is 0. The molecule has 0 radical (unpaired) electrons. The fourth-order valence-corrected chi connectivity index (χ4v) is 2.58. The van der Waals surface area contributed by atoms with Gasteiger partial charge in [-0.25, -0.2) is 0 Å². The lowest BCUT2D eigenvalue weighted by molar-refractivity contribution is -0.274. The first-order valence-corrected chi connectivity index (χ1v) is 7.56. The average molecular weight is 374 g/mol. The fraction of sp³-hybridized carbons (Fsp3) is 0.278. The third-order valence-electron chi connectivity index (χ3n) is 3.66. The van der Waals surface area contributed by atoms with Gasteiger partial charge in [0.15, 0.2) is 0 Å². The van der Waals surface area contributed by atoms with Gasteiger partial charge in [0.25, 0.3) is 0 Å². The highest BCUT2D eigenvalue weighted by molar-refractivity contribution is 5.85. The van der Waals surface area contributed by atoms with Gasteiger partial charge in [0, 0.05) is 5.56 Å². The van der Waals surface area contributed by atoms with Crippen LogP contribution >= 0.6 is 12.4 Å². The number of ether oxygens (including phenoxy) is 1. The summed E-state index contributed by atoms with van der Waals surface area (Å²) in [6.45, 7) is 1.95. The summed E-state index contributed by atoms with van der Waals surface area (Å²) in [7, 11) is 0. The quantitative estimate of drug-likeness (QED) is 0.770. The van der Waals surface area contributed by atoms with Gasteiger partial charge in [0.1, 0.15) is 5.75 Å². The number of hydrogen-bond donors (Lipinski definition) is 1. The number of nitrogens with two attached hydrogens (primary N) is 1. The lowest BCUT2D eigenvalue weighted by Gasteiger charge is -2.15. The fourth-order valence-electron chi connectivity index (χ4n) is 2.58. The third-order valence-corrected chi connectivity index (χ3v) is 3.66. The third kappa shape index (κ3) is 5.67. The van der Waals surface area contributed by atoms with Gasteiger partial charge in [0.05, 0.1) is 5.92 Å². The maximum absolute atomic E-state index is 12.5. The largest absolute Gasteiger partial charge is 0.573 e. The van der Waals surface area contributed by atoms with E-state index in [-0.39, 0.29) is 18.2 Å². The molecule has 136 valence electrons. The van der Waals surface area contributed by atoms with Crippen LogP contribution in [0.1, 0.15) is 31.2 Å². The van der Waals surface area contributed by atoms with E-state index in [2.05, 4.69) is 4.74 Å². The zero-order valence-electron chi connectivity index (χ0n) is 13.5. The number of para-hydroxylation sites is 1. The lowest BCUT2D eigenvalue weighted by Crippen LogP contribution is -2.21. The number of primary amides is 1. The van der Waals surface area contributed by atoms with Crippen molar-refractivity contribution in [1.82, 2.24) is 0 Å². The molecule has 0 aliphatic heterocycles. The first-order valence-electron chi connectivity index (χ1n) is 7.56. The summed E-state index contributed by atoms with van der Waals surface area (Å²) < 4.78 is 41.6. The molecule has 0 aliphatic carbocycles. The zero-order chi connectivity index (χ0) is 17.7. The number of rotatable bonds is 6. The van der Waals surface area contributed by atoms with Crippen molar-refractivity contribution in [3.63, 3.8) is 0 Å². The predicted octanol–water partition coefficient (Wildman–Crippen LogP) is 5.04. The number of halogens is 4. The van der Waals surface area contributed by atoms with Gasteiger partial charge in [-0.05, 0) is 23.6 Å². The van der Waals surface area contributed by atoms with Gasteiger partial charge in [-0.3, -0.25) is 4.79 Å². The number of benzene rings is 2. The normalized spacial score (nSPS) is 12.2. The molecule has 25 heavy (non-hydrogen) atoms. The number of carbonyl (C=O) groups excluding carboxylic acids is 1. The first-order chi connectivity index (χ1) is 11.3. The molecule has 2 N–H and O–H groups in total. The highest BCUT2D eigenvalue weighted by atomic mass is 35.5. The summed E-state index contributed by atoms with van der Waals surface area (Å²) in [4.78, 5) is 11.5. The summed E-state index contributed by atoms with van der Waals surface area (Å²) in [5.41, 5.74) is 7.06. The summed E-state index contributed by atoms with van der Waals surface area (Å²) in [6, 6.07) is 12.7. The molecule has 3 nitrogen and oxygen atoms in total. The number of hydrogen-bond acceptors (Lipinski definition) is 2. The molecule has 0 saturated carbocycles. The molecule has 1 unspecified atom stereocenters. The molecule has 2 rings (SSSR count). The van der Waals surface area contributed by atoms with E-state index in [0.29, 0.717) is 17.5 Å². The highest BCUT2D eigenvalue weighted by Gasteiger charge is 2.32. The summed E-state index contributed by atoms with van der Waals surface area (Å²) in [6.07, 6.45) is -3.33. The molecule has 0 fully saturated rings. The van der Waals surface area contributed by atoms with Gasteiger partial charge < -0.3 is 10.5 Å². The zero-order valence-corrected chi connectivity index (χ0v) is 14.4. The minimum absolute atomic E-state index is 0. The van der Waals surface area contributed by atoms with Crippen LogP contribution in [0.2, 0.25) is 0 Å². The molecule has 1 amide bonds. The van der Waals surface area contributed by atoms with Crippen molar-refractivity contribution < 1.29 is 22.7 Å². The van der Waals surface area contributed by atoms with E-state index in [1.807, 2.05) is 6.92 Å². The van der Waals surface area contributed by atoms with Gasteiger partial charge in [0.2, 0.25) is 5.91 Å². The minimum Gasteiger partial charge on any atom is -0.405 e. The maximum Gasteiger partial charge on any atom is 0.573 e. The number of alkyl halides is 3. The Morgan fingerprint density at radius 2 is 1.72 bits per heavy atom. The Kier molecular flexibility index (Phi) is 7.30. The Morgan fingerprint density at radius 1 is 1.12 bits per heavy atom. The molecule has 2 aromatic rings. The molecular weight excluding hydrogens is 355 g/mol. The van der Waals surface area contributed by atoms with Crippen molar-refractivity contribution in [2.45, 2.75) is 32.0 Å². The van der Waals surface area contributed by atoms with E-state index in [0.717, 1.165) is 12.0 Å². The van der Waals surface area contributed by atoms with E-state index in [4.69, 9.17) is 5.73 Å². The molecule has 2 aromatic carbocycles. The molecule has 7 heteroatoms. The summed E-state index contributed by atoms with van der Waals surface area (Å²) in [5.74, 6) is -1.08. The number of amides is 1. The minimum atomic E-state index is -4.76. The summed E-state index contributed by atoms with van der Waals surface area (Å²) in [5, 5.41) is 0. The van der Waals surface area contributed by atoms with Crippen LogP contribution in [-0.4, -0.2) is 12.3 Å². The van der Waals surface area contributed by atoms with Crippen LogP contribution in [0.4, 0.5) is 13.2 Å². The van der Waals surface area contributed by atoms with Gasteiger partial charge in [-0.15, -0.1) is 25.6 Å². The van der Waals surface area contributed by atoms with Gasteiger partial charge in [-0.2, -0.15) is 0 Å².